The second-order valence-corrected chi connectivity index (χ2v) is 3.83. The van der Waals surface area contributed by atoms with Crippen LogP contribution in [0.1, 0.15) is 12.8 Å². The topological polar surface area (TPSA) is 34.2 Å². The first-order valence-electron chi connectivity index (χ1n) is 4.80. The molecule has 76 valence electrons. The maximum Gasteiger partial charge on any atom is 0.127 e. The van der Waals surface area contributed by atoms with Gasteiger partial charge >= 0.3 is 0 Å². The highest BCUT2D eigenvalue weighted by Crippen LogP contribution is 2.16. The van der Waals surface area contributed by atoms with Gasteiger partial charge in [0.25, 0.3) is 0 Å². The normalized spacial score (nSPS) is 18.1. The molecular weight excluding hydrogens is 200 g/mol. The van der Waals surface area contributed by atoms with Crippen molar-refractivity contribution in [2.45, 2.75) is 18.9 Å². The first-order valence-corrected chi connectivity index (χ1v) is 5.18. The van der Waals surface area contributed by atoms with Gasteiger partial charge in [-0.1, -0.05) is 11.6 Å². The van der Waals surface area contributed by atoms with Gasteiger partial charge in [0.15, 0.2) is 0 Å². The van der Waals surface area contributed by atoms with Crippen LogP contribution in [0.3, 0.4) is 0 Å². The Morgan fingerprint density at radius 2 is 2.21 bits per heavy atom. The van der Waals surface area contributed by atoms with E-state index in [0.29, 0.717) is 6.04 Å². The number of rotatable bonds is 2. The average Bonchev–Trinajstić information content (AvgIpc) is 2.19. The number of halogens is 1. The fourth-order valence-electron chi connectivity index (χ4n) is 1.53. The van der Waals surface area contributed by atoms with Crippen molar-refractivity contribution in [3.8, 4) is 0 Å². The van der Waals surface area contributed by atoms with Crippen LogP contribution in [-0.4, -0.2) is 24.2 Å². The van der Waals surface area contributed by atoms with Crippen LogP contribution in [0.25, 0.3) is 0 Å². The van der Waals surface area contributed by atoms with Gasteiger partial charge in [-0.3, -0.25) is 0 Å². The van der Waals surface area contributed by atoms with Gasteiger partial charge in [-0.25, -0.2) is 4.98 Å². The lowest BCUT2D eigenvalue weighted by Crippen LogP contribution is -2.28. The lowest BCUT2D eigenvalue weighted by molar-refractivity contribution is 0.0904. The zero-order chi connectivity index (χ0) is 9.80. The Morgan fingerprint density at radius 3 is 2.93 bits per heavy atom. The van der Waals surface area contributed by atoms with E-state index in [2.05, 4.69) is 10.3 Å². The van der Waals surface area contributed by atoms with Crippen molar-refractivity contribution >= 4 is 17.4 Å². The molecule has 2 rings (SSSR count). The molecule has 0 aliphatic carbocycles. The minimum Gasteiger partial charge on any atom is -0.381 e. The van der Waals surface area contributed by atoms with Crippen LogP contribution in [0, 0.1) is 0 Å². The molecular formula is C10H13ClN2O. The Labute approximate surface area is 88.4 Å². The van der Waals surface area contributed by atoms with Crippen molar-refractivity contribution in [1.82, 2.24) is 4.98 Å². The van der Waals surface area contributed by atoms with Gasteiger partial charge in [0.1, 0.15) is 5.82 Å². The van der Waals surface area contributed by atoms with Gasteiger partial charge < -0.3 is 10.1 Å². The predicted molar refractivity (Wildman–Crippen MR) is 56.7 cm³/mol. The van der Waals surface area contributed by atoms with Crippen molar-refractivity contribution in [3.05, 3.63) is 23.4 Å². The molecule has 1 saturated heterocycles. The summed E-state index contributed by atoms with van der Waals surface area (Å²) < 4.78 is 5.27. The molecule has 0 spiro atoms. The van der Waals surface area contributed by atoms with Gasteiger partial charge in [0.2, 0.25) is 0 Å². The van der Waals surface area contributed by atoms with Crippen molar-refractivity contribution in [2.75, 3.05) is 18.5 Å². The summed E-state index contributed by atoms with van der Waals surface area (Å²) in [7, 11) is 0. The van der Waals surface area contributed by atoms with Crippen molar-refractivity contribution in [2.24, 2.45) is 0 Å². The average molecular weight is 213 g/mol. The minimum atomic E-state index is 0.467. The molecule has 1 aromatic rings. The molecule has 0 aromatic carbocycles. The highest BCUT2D eigenvalue weighted by molar-refractivity contribution is 6.30. The molecule has 3 nitrogen and oxygen atoms in total. The molecule has 1 N–H and O–H groups in total. The zero-order valence-electron chi connectivity index (χ0n) is 7.87. The lowest BCUT2D eigenvalue weighted by Gasteiger charge is -2.23. The molecule has 2 heterocycles. The van der Waals surface area contributed by atoms with Crippen LogP contribution in [-0.2, 0) is 4.74 Å². The van der Waals surface area contributed by atoms with E-state index >= 15 is 0 Å². The Balaban J connectivity index is 1.95. The van der Waals surface area contributed by atoms with E-state index in [1.54, 1.807) is 12.3 Å². The summed E-state index contributed by atoms with van der Waals surface area (Å²) in [5, 5.41) is 4.06. The second-order valence-electron chi connectivity index (χ2n) is 3.39. The van der Waals surface area contributed by atoms with Crippen LogP contribution < -0.4 is 5.32 Å². The SMILES string of the molecule is Clc1ccnc(NC2CCOCC2)c1. The summed E-state index contributed by atoms with van der Waals surface area (Å²) >= 11 is 5.86. The van der Waals surface area contributed by atoms with Crippen LogP contribution in [0.4, 0.5) is 5.82 Å². The van der Waals surface area contributed by atoms with E-state index < -0.39 is 0 Å². The number of hydrogen-bond donors (Lipinski definition) is 1. The van der Waals surface area contributed by atoms with E-state index in [0.717, 1.165) is 36.9 Å². The summed E-state index contributed by atoms with van der Waals surface area (Å²) in [5.74, 6) is 0.851. The third-order valence-electron chi connectivity index (χ3n) is 2.30. The standard InChI is InChI=1S/C10H13ClN2O/c11-8-1-4-12-10(7-8)13-9-2-5-14-6-3-9/h1,4,7,9H,2-3,5-6H2,(H,12,13). The Kier molecular flexibility index (Phi) is 3.22. The van der Waals surface area contributed by atoms with E-state index in [9.17, 15) is 0 Å². The molecule has 0 amide bonds. The molecule has 0 unspecified atom stereocenters. The summed E-state index contributed by atoms with van der Waals surface area (Å²) in [6.45, 7) is 1.66. The summed E-state index contributed by atoms with van der Waals surface area (Å²) in [6, 6.07) is 4.09. The van der Waals surface area contributed by atoms with Gasteiger partial charge in [0, 0.05) is 30.5 Å². The van der Waals surface area contributed by atoms with Gasteiger partial charge in [0.05, 0.1) is 0 Å². The maximum absolute atomic E-state index is 5.86. The molecule has 14 heavy (non-hydrogen) atoms. The van der Waals surface area contributed by atoms with Gasteiger partial charge in [-0.2, -0.15) is 0 Å². The number of anilines is 1. The fraction of sp³-hybridized carbons (Fsp3) is 0.500. The Hall–Kier alpha value is -0.800. The molecule has 1 fully saturated rings. The summed E-state index contributed by atoms with van der Waals surface area (Å²) in [5.41, 5.74) is 0. The van der Waals surface area contributed by atoms with Crippen LogP contribution in [0.2, 0.25) is 5.02 Å². The molecule has 0 atom stereocenters. The summed E-state index contributed by atoms with van der Waals surface area (Å²) in [4.78, 5) is 4.20. The van der Waals surface area contributed by atoms with Gasteiger partial charge in [-0.15, -0.1) is 0 Å². The van der Waals surface area contributed by atoms with Gasteiger partial charge in [-0.05, 0) is 25.0 Å². The second kappa shape index (κ2) is 4.62. The fourth-order valence-corrected chi connectivity index (χ4v) is 1.69. The van der Waals surface area contributed by atoms with Crippen LogP contribution in [0.5, 0.6) is 0 Å². The quantitative estimate of drug-likeness (QED) is 0.817. The molecule has 1 aliphatic rings. The molecule has 0 saturated carbocycles. The number of pyridine rings is 1. The van der Waals surface area contributed by atoms with E-state index in [-0.39, 0.29) is 0 Å². The molecule has 1 aromatic heterocycles. The van der Waals surface area contributed by atoms with E-state index in [1.807, 2.05) is 6.07 Å². The largest absolute Gasteiger partial charge is 0.381 e. The minimum absolute atomic E-state index is 0.467. The number of nitrogens with zero attached hydrogens (tertiary/aromatic N) is 1. The number of nitrogens with one attached hydrogen (secondary N) is 1. The predicted octanol–water partition coefficient (Wildman–Crippen LogP) is 2.33. The van der Waals surface area contributed by atoms with Crippen molar-refractivity contribution in [1.29, 1.82) is 0 Å². The highest BCUT2D eigenvalue weighted by atomic mass is 35.5. The zero-order valence-corrected chi connectivity index (χ0v) is 8.63. The monoisotopic (exact) mass is 212 g/mol. The molecule has 1 aliphatic heterocycles. The highest BCUT2D eigenvalue weighted by Gasteiger charge is 2.13. The molecule has 0 radical (unpaired) electrons. The van der Waals surface area contributed by atoms with E-state index in [1.165, 1.54) is 0 Å². The Bertz CT molecular complexity index is 300. The van der Waals surface area contributed by atoms with Crippen LogP contribution in [0.15, 0.2) is 18.3 Å². The lowest BCUT2D eigenvalue weighted by atomic mass is 10.1. The first kappa shape index (κ1) is 9.74. The van der Waals surface area contributed by atoms with E-state index in [4.69, 9.17) is 16.3 Å². The summed E-state index contributed by atoms with van der Waals surface area (Å²) in [6.07, 6.45) is 3.78. The Morgan fingerprint density at radius 1 is 1.43 bits per heavy atom. The van der Waals surface area contributed by atoms with Crippen LogP contribution >= 0.6 is 11.6 Å². The first-order chi connectivity index (χ1) is 6.84. The number of hydrogen-bond acceptors (Lipinski definition) is 3. The maximum atomic E-state index is 5.86. The number of ether oxygens (including phenoxy) is 1. The third kappa shape index (κ3) is 2.59. The smallest absolute Gasteiger partial charge is 0.127 e. The molecule has 4 heteroatoms. The third-order valence-corrected chi connectivity index (χ3v) is 2.53. The van der Waals surface area contributed by atoms with Crippen molar-refractivity contribution < 1.29 is 4.74 Å². The van der Waals surface area contributed by atoms with Crippen molar-refractivity contribution in [3.63, 3.8) is 0 Å². The molecule has 0 bridgehead atoms. The number of aromatic nitrogens is 1.